The lowest BCUT2D eigenvalue weighted by atomic mass is 10.1. The van der Waals surface area contributed by atoms with Gasteiger partial charge in [-0.3, -0.25) is 4.79 Å². The van der Waals surface area contributed by atoms with Gasteiger partial charge in [0.15, 0.2) is 0 Å². The van der Waals surface area contributed by atoms with Gasteiger partial charge in [0.1, 0.15) is 5.69 Å². The first-order chi connectivity index (χ1) is 11.9. The highest BCUT2D eigenvalue weighted by molar-refractivity contribution is 6.45. The van der Waals surface area contributed by atoms with E-state index in [9.17, 15) is 9.59 Å². The molecule has 1 fully saturated rings. The van der Waals surface area contributed by atoms with Crippen molar-refractivity contribution in [3.05, 3.63) is 33.9 Å². The molecule has 1 aromatic carbocycles. The van der Waals surface area contributed by atoms with Crippen molar-refractivity contribution in [2.24, 2.45) is 7.05 Å². The Morgan fingerprint density at radius 1 is 1.28 bits per heavy atom. The van der Waals surface area contributed by atoms with Crippen LogP contribution in [0.25, 0.3) is 10.9 Å². The molecule has 0 aliphatic carbocycles. The van der Waals surface area contributed by atoms with E-state index in [-0.39, 0.29) is 18.0 Å². The van der Waals surface area contributed by atoms with Gasteiger partial charge in [-0.15, -0.1) is 0 Å². The number of aryl methyl sites for hydroxylation is 1. The number of hydrogen-bond acceptors (Lipinski definition) is 2. The van der Waals surface area contributed by atoms with E-state index in [1.54, 1.807) is 28.6 Å². The average molecular weight is 383 g/mol. The molecule has 1 saturated heterocycles. The Bertz CT molecular complexity index is 834. The predicted octanol–water partition coefficient (Wildman–Crippen LogP) is 3.02. The van der Waals surface area contributed by atoms with E-state index in [1.165, 1.54) is 0 Å². The van der Waals surface area contributed by atoms with Crippen LogP contribution in [0.4, 0.5) is 4.79 Å². The Morgan fingerprint density at radius 3 is 2.76 bits per heavy atom. The number of nitrogens with zero attached hydrogens (tertiary/aromatic N) is 2. The standard InChI is InChI=1S/C17H20Cl2N4O2/c1-20-17(25)23-7-3-4-10(9-23)21-16(24)14-8-11-13(22(14)2)6-5-12(18)15(11)19/h5-6,8,10H,3-4,7,9H2,1-2H3,(H,20,25)(H,21,24). The summed E-state index contributed by atoms with van der Waals surface area (Å²) >= 11 is 12.3. The molecule has 3 amide bonds. The molecule has 1 aliphatic rings. The van der Waals surface area contributed by atoms with E-state index in [4.69, 9.17) is 23.2 Å². The Kier molecular flexibility index (Phi) is 5.11. The highest BCUT2D eigenvalue weighted by Crippen LogP contribution is 2.32. The second kappa shape index (κ2) is 7.14. The maximum absolute atomic E-state index is 12.7. The molecule has 0 spiro atoms. The summed E-state index contributed by atoms with van der Waals surface area (Å²) in [6.45, 7) is 1.20. The van der Waals surface area contributed by atoms with Gasteiger partial charge < -0.3 is 20.1 Å². The first-order valence-corrected chi connectivity index (χ1v) is 8.89. The smallest absolute Gasteiger partial charge is 0.317 e. The molecule has 3 rings (SSSR count). The molecule has 2 N–H and O–H groups in total. The quantitative estimate of drug-likeness (QED) is 0.837. The maximum atomic E-state index is 12.7. The highest BCUT2D eigenvalue weighted by Gasteiger charge is 2.25. The monoisotopic (exact) mass is 382 g/mol. The number of fused-ring (bicyclic) bond motifs is 1. The van der Waals surface area contributed by atoms with E-state index in [0.717, 1.165) is 23.7 Å². The van der Waals surface area contributed by atoms with Crippen LogP contribution < -0.4 is 10.6 Å². The van der Waals surface area contributed by atoms with Gasteiger partial charge in [-0.05, 0) is 31.0 Å². The zero-order valence-electron chi connectivity index (χ0n) is 14.1. The molecule has 2 heterocycles. The van der Waals surface area contributed by atoms with Crippen molar-refractivity contribution in [1.82, 2.24) is 20.1 Å². The zero-order chi connectivity index (χ0) is 18.1. The Labute approximate surface area is 156 Å². The van der Waals surface area contributed by atoms with E-state index < -0.39 is 0 Å². The first kappa shape index (κ1) is 17.9. The van der Waals surface area contributed by atoms with Gasteiger partial charge in [0, 0.05) is 44.1 Å². The Hall–Kier alpha value is -1.92. The van der Waals surface area contributed by atoms with Crippen LogP contribution in [-0.2, 0) is 7.05 Å². The molecule has 1 unspecified atom stereocenters. The number of nitrogens with one attached hydrogen (secondary N) is 2. The molecule has 2 aromatic rings. The van der Waals surface area contributed by atoms with Crippen LogP contribution in [0.5, 0.6) is 0 Å². The van der Waals surface area contributed by atoms with Crippen LogP contribution in [0.15, 0.2) is 18.2 Å². The number of aromatic nitrogens is 1. The van der Waals surface area contributed by atoms with Crippen LogP contribution in [-0.4, -0.2) is 47.6 Å². The third-order valence-corrected chi connectivity index (χ3v) is 5.42. The number of halogens is 2. The molecule has 6 nitrogen and oxygen atoms in total. The van der Waals surface area contributed by atoms with Crippen molar-refractivity contribution in [1.29, 1.82) is 0 Å². The van der Waals surface area contributed by atoms with Gasteiger partial charge in [-0.1, -0.05) is 23.2 Å². The van der Waals surface area contributed by atoms with E-state index in [0.29, 0.717) is 28.8 Å². The first-order valence-electron chi connectivity index (χ1n) is 8.13. The van der Waals surface area contributed by atoms with Gasteiger partial charge in [0.05, 0.1) is 10.0 Å². The summed E-state index contributed by atoms with van der Waals surface area (Å²) in [6.07, 6.45) is 1.70. The number of piperidine rings is 1. The SMILES string of the molecule is CNC(=O)N1CCCC(NC(=O)c2cc3c(Cl)c(Cl)ccc3n2C)C1. The number of benzene rings is 1. The van der Waals surface area contributed by atoms with Crippen molar-refractivity contribution in [2.75, 3.05) is 20.1 Å². The molecule has 1 aliphatic heterocycles. The maximum Gasteiger partial charge on any atom is 0.317 e. The van der Waals surface area contributed by atoms with Crippen LogP contribution in [0.2, 0.25) is 10.0 Å². The molecule has 1 aromatic heterocycles. The molecule has 134 valence electrons. The normalized spacial score (nSPS) is 17.6. The number of carbonyl (C=O) groups is 2. The van der Waals surface area contributed by atoms with Gasteiger partial charge in [0.2, 0.25) is 0 Å². The lowest BCUT2D eigenvalue weighted by Crippen LogP contribution is -2.51. The van der Waals surface area contributed by atoms with E-state index in [2.05, 4.69) is 10.6 Å². The minimum absolute atomic E-state index is 0.0735. The van der Waals surface area contributed by atoms with Gasteiger partial charge in [-0.25, -0.2) is 4.79 Å². The van der Waals surface area contributed by atoms with Crippen LogP contribution in [0, 0.1) is 0 Å². The van der Waals surface area contributed by atoms with Crippen LogP contribution in [0.3, 0.4) is 0 Å². The number of likely N-dealkylation sites (tertiary alicyclic amines) is 1. The Morgan fingerprint density at radius 2 is 2.04 bits per heavy atom. The van der Waals surface area contributed by atoms with Crippen molar-refractivity contribution in [3.63, 3.8) is 0 Å². The van der Waals surface area contributed by atoms with Crippen LogP contribution in [0.1, 0.15) is 23.3 Å². The fourth-order valence-electron chi connectivity index (χ4n) is 3.26. The molecule has 1 atom stereocenters. The third-order valence-electron chi connectivity index (χ3n) is 4.60. The number of urea groups is 1. The summed E-state index contributed by atoms with van der Waals surface area (Å²) in [5.41, 5.74) is 1.35. The van der Waals surface area contributed by atoms with Gasteiger partial charge in [0.25, 0.3) is 5.91 Å². The number of carbonyl (C=O) groups excluding carboxylic acids is 2. The van der Waals surface area contributed by atoms with E-state index >= 15 is 0 Å². The minimum atomic E-state index is -0.186. The summed E-state index contributed by atoms with van der Waals surface area (Å²) < 4.78 is 1.80. The minimum Gasteiger partial charge on any atom is -0.346 e. The average Bonchev–Trinajstić information content (AvgIpc) is 2.95. The number of amides is 3. The summed E-state index contributed by atoms with van der Waals surface area (Å²) in [4.78, 5) is 26.2. The number of hydrogen-bond donors (Lipinski definition) is 2. The topological polar surface area (TPSA) is 66.4 Å². The second-order valence-corrected chi connectivity index (χ2v) is 6.98. The predicted molar refractivity (Wildman–Crippen MR) is 99.5 cm³/mol. The zero-order valence-corrected chi connectivity index (χ0v) is 15.6. The molecule has 0 bridgehead atoms. The highest BCUT2D eigenvalue weighted by atomic mass is 35.5. The lowest BCUT2D eigenvalue weighted by molar-refractivity contribution is 0.0903. The second-order valence-electron chi connectivity index (χ2n) is 6.20. The Balaban J connectivity index is 1.79. The fourth-order valence-corrected chi connectivity index (χ4v) is 3.64. The van der Waals surface area contributed by atoms with E-state index in [1.807, 2.05) is 13.1 Å². The molecule has 0 radical (unpaired) electrons. The molecule has 25 heavy (non-hydrogen) atoms. The van der Waals surface area contributed by atoms with Crippen molar-refractivity contribution in [3.8, 4) is 0 Å². The van der Waals surface area contributed by atoms with Crippen molar-refractivity contribution < 1.29 is 9.59 Å². The van der Waals surface area contributed by atoms with Crippen molar-refractivity contribution >= 4 is 46.0 Å². The van der Waals surface area contributed by atoms with Gasteiger partial charge in [-0.2, -0.15) is 0 Å². The summed E-state index contributed by atoms with van der Waals surface area (Å²) in [6, 6.07) is 5.11. The summed E-state index contributed by atoms with van der Waals surface area (Å²) in [7, 11) is 3.42. The van der Waals surface area contributed by atoms with Crippen molar-refractivity contribution in [2.45, 2.75) is 18.9 Å². The summed E-state index contributed by atoms with van der Waals surface area (Å²) in [5.74, 6) is -0.186. The lowest BCUT2D eigenvalue weighted by Gasteiger charge is -2.32. The molecular weight excluding hydrogens is 363 g/mol. The summed E-state index contributed by atoms with van der Waals surface area (Å²) in [5, 5.41) is 7.29. The van der Waals surface area contributed by atoms with Gasteiger partial charge >= 0.3 is 6.03 Å². The molecule has 8 heteroatoms. The molecular formula is C17H20Cl2N4O2. The van der Waals surface area contributed by atoms with Crippen LogP contribution >= 0.6 is 23.2 Å². The largest absolute Gasteiger partial charge is 0.346 e. The number of rotatable bonds is 2. The molecule has 0 saturated carbocycles. The third kappa shape index (κ3) is 3.41. The fraction of sp³-hybridized carbons (Fsp3) is 0.412.